The molecule has 0 aliphatic rings. The van der Waals surface area contributed by atoms with E-state index in [-0.39, 0.29) is 5.75 Å². The molecular weight excluding hydrogens is 358 g/mol. The molecule has 1 aromatic heterocycles. The van der Waals surface area contributed by atoms with Crippen molar-refractivity contribution in [3.05, 3.63) is 58.4 Å². The highest BCUT2D eigenvalue weighted by atomic mass is 31.0. The van der Waals surface area contributed by atoms with Crippen LogP contribution in [0.25, 0.3) is 22.1 Å². The first-order valence-electron chi connectivity index (χ1n) is 7.82. The van der Waals surface area contributed by atoms with Gasteiger partial charge in [-0.2, -0.15) is 0 Å². The Bertz CT molecular complexity index is 1030. The van der Waals surface area contributed by atoms with Crippen LogP contribution in [-0.2, 0) is 9.74 Å². The molecule has 1 heterocycles. The number of ether oxygens (including phenoxy) is 1. The topological polar surface area (TPSA) is 65.7 Å². The zero-order chi connectivity index (χ0) is 18.8. The second-order valence-electron chi connectivity index (χ2n) is 5.87. The first kappa shape index (κ1) is 18.1. The second kappa shape index (κ2) is 7.26. The highest BCUT2D eigenvalue weighted by Gasteiger charge is 2.19. The number of rotatable bonds is 4. The van der Waals surface area contributed by atoms with Gasteiger partial charge in [0.05, 0.1) is 0 Å². The van der Waals surface area contributed by atoms with Crippen LogP contribution in [0.5, 0.6) is 5.75 Å². The highest BCUT2D eigenvalue weighted by Crippen LogP contribution is 2.33. The number of hydrogen-bond acceptors (Lipinski definition) is 5. The van der Waals surface area contributed by atoms with Gasteiger partial charge >= 0.3 is 11.6 Å². The molecule has 0 saturated heterocycles. The first-order valence-corrected chi connectivity index (χ1v) is 8.40. The summed E-state index contributed by atoms with van der Waals surface area (Å²) in [5.41, 5.74) is 2.21. The number of aryl methyl sites for hydroxylation is 1. The normalized spacial score (nSPS) is 12.0. The highest BCUT2D eigenvalue weighted by molar-refractivity contribution is 7.27. The average Bonchev–Trinajstić information content (AvgIpc) is 2.60. The van der Waals surface area contributed by atoms with E-state index in [1.807, 2.05) is 31.2 Å². The lowest BCUT2D eigenvalue weighted by molar-refractivity contribution is -0.191. The van der Waals surface area contributed by atoms with Crippen molar-refractivity contribution in [1.82, 2.24) is 0 Å². The van der Waals surface area contributed by atoms with Crippen LogP contribution in [-0.4, -0.2) is 12.1 Å². The third-order valence-electron chi connectivity index (χ3n) is 3.96. The van der Waals surface area contributed by atoms with Gasteiger partial charge in [0.25, 0.3) is 0 Å². The van der Waals surface area contributed by atoms with E-state index < -0.39 is 17.7 Å². The van der Waals surface area contributed by atoms with Gasteiger partial charge in [-0.05, 0) is 36.3 Å². The molecule has 0 spiro atoms. The maximum Gasteiger partial charge on any atom is 0.388 e. The third kappa shape index (κ3) is 3.60. The van der Waals surface area contributed by atoms with E-state index in [0.717, 1.165) is 27.4 Å². The van der Waals surface area contributed by atoms with Crippen molar-refractivity contribution in [3.8, 4) is 16.9 Å². The van der Waals surface area contributed by atoms with Gasteiger partial charge in [-0.25, -0.2) is 9.59 Å². The molecule has 3 aromatic rings. The van der Waals surface area contributed by atoms with Crippen LogP contribution in [0.3, 0.4) is 0 Å². The molecular formula is C19H16FO5P. The molecule has 0 aliphatic carbocycles. The molecule has 2 unspecified atom stereocenters. The molecule has 5 nitrogen and oxygen atoms in total. The number of halogens is 1. The zero-order valence-electron chi connectivity index (χ0n) is 14.1. The number of hydrogen-bond donors (Lipinski definition) is 0. The summed E-state index contributed by atoms with van der Waals surface area (Å²) in [5.74, 6) is -0.871. The zero-order valence-corrected chi connectivity index (χ0v) is 15.3. The van der Waals surface area contributed by atoms with Crippen molar-refractivity contribution in [2.75, 3.05) is 0 Å². The van der Waals surface area contributed by atoms with Crippen LogP contribution in [0.4, 0.5) is 4.53 Å². The molecule has 0 radical (unpaired) electrons. The Kier molecular flexibility index (Phi) is 5.05. The number of carbonyl (C=O) groups is 1. The summed E-state index contributed by atoms with van der Waals surface area (Å²) in [6.45, 7) is 3.19. The molecule has 7 heteroatoms. The van der Waals surface area contributed by atoms with Crippen molar-refractivity contribution in [1.29, 1.82) is 0 Å². The number of fused-ring (bicyclic) bond motifs is 1. The maximum absolute atomic E-state index is 12.0. The molecule has 134 valence electrons. The summed E-state index contributed by atoms with van der Waals surface area (Å²) in [6.07, 6.45) is -1.14. The van der Waals surface area contributed by atoms with Gasteiger partial charge in [0, 0.05) is 27.6 Å². The minimum atomic E-state index is -1.14. The molecule has 0 aliphatic heterocycles. The lowest BCUT2D eigenvalue weighted by Gasteiger charge is -2.14. The van der Waals surface area contributed by atoms with Gasteiger partial charge in [0.15, 0.2) is 6.10 Å². The fourth-order valence-electron chi connectivity index (χ4n) is 2.75. The van der Waals surface area contributed by atoms with Gasteiger partial charge in [-0.3, -0.25) is 4.94 Å². The number of carbonyl (C=O) groups excluding carboxylic acids is 1. The van der Waals surface area contributed by atoms with Crippen LogP contribution in [0.15, 0.2) is 51.7 Å². The minimum Gasteiger partial charge on any atom is -0.479 e. The van der Waals surface area contributed by atoms with E-state index in [9.17, 15) is 14.1 Å². The van der Waals surface area contributed by atoms with Gasteiger partial charge in [0.2, 0.25) is 0 Å². The Morgan fingerprint density at radius 2 is 1.88 bits per heavy atom. The lowest BCUT2D eigenvalue weighted by atomic mass is 9.98. The van der Waals surface area contributed by atoms with E-state index in [0.29, 0.717) is 5.58 Å². The molecule has 0 saturated carbocycles. The Morgan fingerprint density at radius 1 is 1.19 bits per heavy atom. The molecule has 0 fully saturated rings. The quantitative estimate of drug-likeness (QED) is 0.517. The van der Waals surface area contributed by atoms with Crippen molar-refractivity contribution in [2.45, 2.75) is 20.0 Å². The van der Waals surface area contributed by atoms with E-state index in [4.69, 9.17) is 9.15 Å². The van der Waals surface area contributed by atoms with E-state index in [1.54, 1.807) is 6.07 Å². The van der Waals surface area contributed by atoms with Crippen LogP contribution in [0.2, 0.25) is 0 Å². The predicted octanol–water partition coefficient (Wildman–Crippen LogP) is 3.46. The van der Waals surface area contributed by atoms with Gasteiger partial charge in [-0.1, -0.05) is 24.3 Å². The molecule has 3 rings (SSSR count). The summed E-state index contributed by atoms with van der Waals surface area (Å²) in [7, 11) is 2.61. The Labute approximate surface area is 150 Å². The number of benzene rings is 2. The molecule has 2 atom stereocenters. The molecule has 26 heavy (non-hydrogen) atoms. The Hall–Kier alpha value is -2.72. The lowest BCUT2D eigenvalue weighted by Crippen LogP contribution is -2.24. The monoisotopic (exact) mass is 374 g/mol. The molecule has 0 amide bonds. The summed E-state index contributed by atoms with van der Waals surface area (Å²) < 4.78 is 22.7. The third-order valence-corrected chi connectivity index (χ3v) is 4.34. The van der Waals surface area contributed by atoms with E-state index in [1.165, 1.54) is 19.1 Å². The smallest absolute Gasteiger partial charge is 0.388 e. The first-order chi connectivity index (χ1) is 12.4. The van der Waals surface area contributed by atoms with E-state index in [2.05, 4.69) is 14.2 Å². The van der Waals surface area contributed by atoms with Gasteiger partial charge < -0.3 is 9.15 Å². The summed E-state index contributed by atoms with van der Waals surface area (Å²) >= 11 is 0. The largest absolute Gasteiger partial charge is 0.479 e. The molecule has 0 bridgehead atoms. The Morgan fingerprint density at radius 3 is 2.54 bits per heavy atom. The van der Waals surface area contributed by atoms with Gasteiger partial charge in [0.1, 0.15) is 11.3 Å². The van der Waals surface area contributed by atoms with Crippen molar-refractivity contribution in [3.63, 3.8) is 0 Å². The summed E-state index contributed by atoms with van der Waals surface area (Å²) in [4.78, 5) is 26.4. The second-order valence-corrected chi connectivity index (χ2v) is 6.54. The van der Waals surface area contributed by atoms with Crippen LogP contribution in [0, 0.1) is 6.92 Å². The fraction of sp³-hybridized carbons (Fsp3) is 0.158. The Balaban J connectivity index is 2.13. The molecule has 0 N–H and O–H groups in total. The standard InChI is InChI=1S/C19H16FO5P/c1-10-7-13(23-11(2)19(22)25-20)8-16-18(10)15(9-17(21)24-16)12-3-5-14(26)6-4-12/h3-9,11H,26H2,1-2H3. The molecule has 2 aromatic carbocycles. The summed E-state index contributed by atoms with van der Waals surface area (Å²) in [6, 6.07) is 12.3. The van der Waals surface area contributed by atoms with Crippen LogP contribution < -0.4 is 15.7 Å². The van der Waals surface area contributed by atoms with E-state index >= 15 is 0 Å². The average molecular weight is 374 g/mol. The van der Waals surface area contributed by atoms with Crippen molar-refractivity contribution < 1.29 is 23.4 Å². The maximum atomic E-state index is 12.0. The predicted molar refractivity (Wildman–Crippen MR) is 99.3 cm³/mol. The van der Waals surface area contributed by atoms with Crippen LogP contribution >= 0.6 is 9.24 Å². The van der Waals surface area contributed by atoms with Crippen molar-refractivity contribution >= 4 is 31.5 Å². The SMILES string of the molecule is Cc1cc(OC(C)C(=O)OF)cc2oc(=O)cc(-c3ccc(P)cc3)c12. The fourth-order valence-corrected chi connectivity index (χ4v) is 2.94. The van der Waals surface area contributed by atoms with Crippen molar-refractivity contribution in [2.24, 2.45) is 0 Å². The minimum absolute atomic E-state index is 0.272. The summed E-state index contributed by atoms with van der Waals surface area (Å²) in [5, 5.41) is 1.79. The van der Waals surface area contributed by atoms with Gasteiger partial charge in [-0.15, -0.1) is 9.24 Å². The van der Waals surface area contributed by atoms with Crippen LogP contribution in [0.1, 0.15) is 12.5 Å².